The second-order valence-electron chi connectivity index (χ2n) is 10.3. The first kappa shape index (κ1) is 20.0. The molecule has 0 spiro atoms. The molecule has 3 fully saturated rings. The van der Waals surface area contributed by atoms with Gasteiger partial charge in [-0.25, -0.2) is 8.78 Å². The quantitative estimate of drug-likeness (QED) is 0.755. The van der Waals surface area contributed by atoms with E-state index < -0.39 is 5.92 Å². The molecule has 1 aliphatic heterocycles. The predicted molar refractivity (Wildman–Crippen MR) is 100 cm³/mol. The maximum atomic E-state index is 13.1. The van der Waals surface area contributed by atoms with E-state index in [9.17, 15) is 13.6 Å². The third-order valence-corrected chi connectivity index (χ3v) is 7.16. The van der Waals surface area contributed by atoms with Crippen LogP contribution in [0.25, 0.3) is 0 Å². The topological polar surface area (TPSA) is 32.3 Å². The predicted octanol–water partition coefficient (Wildman–Crippen LogP) is 4.32. The Bertz CT molecular complexity index is 503. The minimum atomic E-state index is -2.39. The Morgan fingerprint density at radius 2 is 1.77 bits per heavy atom. The summed E-state index contributed by atoms with van der Waals surface area (Å²) >= 11 is 0. The van der Waals surface area contributed by atoms with Crippen molar-refractivity contribution < 1.29 is 13.6 Å². The standard InChI is InChI=1S/C21H36F2N2O/c1-14(20(2,3)4)24-19(26)11-15-9-17(10-15)16-5-7-25(8-6-16)13-18-12-21(18,22)23/h14-18H,5-13H2,1-4H3,(H,24,26). The van der Waals surface area contributed by atoms with Crippen molar-refractivity contribution in [3.8, 4) is 0 Å². The summed E-state index contributed by atoms with van der Waals surface area (Å²) in [5.74, 6) is -0.563. The highest BCUT2D eigenvalue weighted by Crippen LogP contribution is 2.49. The Balaban J connectivity index is 1.30. The van der Waals surface area contributed by atoms with Crippen LogP contribution in [0.15, 0.2) is 0 Å². The third-order valence-electron chi connectivity index (χ3n) is 7.16. The number of carbonyl (C=O) groups is 1. The van der Waals surface area contributed by atoms with E-state index in [2.05, 4.69) is 37.9 Å². The lowest BCUT2D eigenvalue weighted by molar-refractivity contribution is -0.124. The molecule has 1 heterocycles. The van der Waals surface area contributed by atoms with Crippen LogP contribution in [0.1, 0.15) is 66.2 Å². The van der Waals surface area contributed by atoms with Gasteiger partial charge in [0.05, 0.1) is 0 Å². The van der Waals surface area contributed by atoms with Gasteiger partial charge in [0.15, 0.2) is 0 Å². The summed E-state index contributed by atoms with van der Waals surface area (Å²) in [5, 5.41) is 3.14. The summed E-state index contributed by atoms with van der Waals surface area (Å²) < 4.78 is 26.1. The van der Waals surface area contributed by atoms with E-state index in [1.807, 2.05) is 0 Å². The lowest BCUT2D eigenvalue weighted by atomic mass is 9.65. The molecule has 2 unspecified atom stereocenters. The zero-order valence-corrected chi connectivity index (χ0v) is 16.9. The first-order chi connectivity index (χ1) is 12.0. The van der Waals surface area contributed by atoms with Gasteiger partial charge in [0.1, 0.15) is 0 Å². The lowest BCUT2D eigenvalue weighted by Crippen LogP contribution is -2.44. The molecule has 2 aliphatic carbocycles. The number of nitrogens with one attached hydrogen (secondary N) is 1. The monoisotopic (exact) mass is 370 g/mol. The number of carbonyl (C=O) groups excluding carboxylic acids is 1. The van der Waals surface area contributed by atoms with Crippen LogP contribution < -0.4 is 5.32 Å². The summed E-state index contributed by atoms with van der Waals surface area (Å²) in [7, 11) is 0. The van der Waals surface area contributed by atoms with E-state index in [4.69, 9.17) is 0 Å². The molecule has 150 valence electrons. The summed E-state index contributed by atoms with van der Waals surface area (Å²) in [6.07, 6.45) is 5.37. The molecular weight excluding hydrogens is 334 g/mol. The van der Waals surface area contributed by atoms with Crippen molar-refractivity contribution in [1.82, 2.24) is 10.2 Å². The number of hydrogen-bond donors (Lipinski definition) is 1. The minimum Gasteiger partial charge on any atom is -0.353 e. The van der Waals surface area contributed by atoms with Crippen LogP contribution in [-0.4, -0.2) is 42.4 Å². The Kier molecular flexibility index (Phi) is 5.68. The molecule has 26 heavy (non-hydrogen) atoms. The van der Waals surface area contributed by atoms with Crippen LogP contribution >= 0.6 is 0 Å². The van der Waals surface area contributed by atoms with E-state index in [1.54, 1.807) is 0 Å². The molecule has 1 amide bonds. The normalized spacial score (nSPS) is 33.4. The lowest BCUT2D eigenvalue weighted by Gasteiger charge is -2.44. The fraction of sp³-hybridized carbons (Fsp3) is 0.952. The largest absolute Gasteiger partial charge is 0.353 e. The summed E-state index contributed by atoms with van der Waals surface area (Å²) in [6.45, 7) is 11.0. The number of hydrogen-bond acceptors (Lipinski definition) is 2. The molecule has 0 radical (unpaired) electrons. The van der Waals surface area contributed by atoms with Gasteiger partial charge in [-0.05, 0) is 68.9 Å². The first-order valence-electron chi connectivity index (χ1n) is 10.4. The van der Waals surface area contributed by atoms with Crippen LogP contribution in [-0.2, 0) is 4.79 Å². The molecule has 1 saturated heterocycles. The van der Waals surface area contributed by atoms with Gasteiger partial charge < -0.3 is 10.2 Å². The highest BCUT2D eigenvalue weighted by atomic mass is 19.3. The average Bonchev–Trinajstić information content (AvgIpc) is 3.09. The Labute approximate surface area is 157 Å². The maximum absolute atomic E-state index is 13.1. The van der Waals surface area contributed by atoms with Crippen molar-refractivity contribution in [2.24, 2.45) is 29.1 Å². The van der Waals surface area contributed by atoms with Crippen LogP contribution in [0.4, 0.5) is 8.78 Å². The number of likely N-dealkylation sites (tertiary alicyclic amines) is 1. The van der Waals surface area contributed by atoms with Crippen LogP contribution in [0.2, 0.25) is 0 Å². The Hall–Kier alpha value is -0.710. The first-order valence-corrected chi connectivity index (χ1v) is 10.4. The zero-order valence-electron chi connectivity index (χ0n) is 16.9. The third kappa shape index (κ3) is 4.96. The molecule has 0 aromatic rings. The van der Waals surface area contributed by atoms with E-state index >= 15 is 0 Å². The summed E-state index contributed by atoms with van der Waals surface area (Å²) in [4.78, 5) is 14.4. The van der Waals surface area contributed by atoms with Crippen molar-refractivity contribution in [2.45, 2.75) is 78.2 Å². The van der Waals surface area contributed by atoms with Crippen molar-refractivity contribution >= 4 is 5.91 Å². The van der Waals surface area contributed by atoms with Gasteiger partial charge in [-0.2, -0.15) is 0 Å². The van der Waals surface area contributed by atoms with Crippen molar-refractivity contribution in [3.63, 3.8) is 0 Å². The van der Waals surface area contributed by atoms with E-state index in [0.717, 1.165) is 37.8 Å². The molecule has 0 aromatic heterocycles. The number of nitrogens with zero attached hydrogens (tertiary/aromatic N) is 1. The Morgan fingerprint density at radius 1 is 1.19 bits per heavy atom. The number of alkyl halides is 2. The molecular formula is C21H36F2N2O. The average molecular weight is 371 g/mol. The number of halogens is 2. The molecule has 5 heteroatoms. The number of piperidine rings is 1. The fourth-order valence-corrected chi connectivity index (χ4v) is 4.50. The van der Waals surface area contributed by atoms with Gasteiger partial charge in [-0.3, -0.25) is 4.79 Å². The van der Waals surface area contributed by atoms with Gasteiger partial charge >= 0.3 is 0 Å². The zero-order chi connectivity index (χ0) is 19.1. The maximum Gasteiger partial charge on any atom is 0.252 e. The van der Waals surface area contributed by atoms with E-state index in [1.165, 1.54) is 12.8 Å². The second kappa shape index (κ2) is 7.37. The van der Waals surface area contributed by atoms with Gasteiger partial charge in [-0.15, -0.1) is 0 Å². The fourth-order valence-electron chi connectivity index (χ4n) is 4.50. The molecule has 0 aromatic carbocycles. The van der Waals surface area contributed by atoms with Crippen LogP contribution in [0, 0.1) is 29.1 Å². The van der Waals surface area contributed by atoms with E-state index in [0.29, 0.717) is 18.9 Å². The molecule has 0 bridgehead atoms. The summed E-state index contributed by atoms with van der Waals surface area (Å²) in [5.41, 5.74) is 0.0935. The molecule has 3 rings (SSSR count). The number of amides is 1. The molecule has 3 aliphatic rings. The van der Waals surface area contributed by atoms with Gasteiger partial charge in [-0.1, -0.05) is 20.8 Å². The van der Waals surface area contributed by atoms with Gasteiger partial charge in [0.2, 0.25) is 5.91 Å². The van der Waals surface area contributed by atoms with Crippen molar-refractivity contribution in [2.75, 3.05) is 19.6 Å². The van der Waals surface area contributed by atoms with Gasteiger partial charge in [0, 0.05) is 31.3 Å². The summed E-state index contributed by atoms with van der Waals surface area (Å²) in [6, 6.07) is 0.189. The smallest absolute Gasteiger partial charge is 0.252 e. The molecule has 3 nitrogen and oxygen atoms in total. The minimum absolute atomic E-state index is 0.0904. The molecule has 2 atom stereocenters. The van der Waals surface area contributed by atoms with Gasteiger partial charge in [0.25, 0.3) is 5.92 Å². The van der Waals surface area contributed by atoms with Crippen molar-refractivity contribution in [3.05, 3.63) is 0 Å². The van der Waals surface area contributed by atoms with E-state index in [-0.39, 0.29) is 29.7 Å². The SMILES string of the molecule is CC(NC(=O)CC1CC(C2CCN(CC3CC3(F)F)CC2)C1)C(C)(C)C. The molecule has 2 saturated carbocycles. The van der Waals surface area contributed by atoms with Crippen molar-refractivity contribution in [1.29, 1.82) is 0 Å². The molecule has 1 N–H and O–H groups in total. The highest BCUT2D eigenvalue weighted by Gasteiger charge is 2.57. The highest BCUT2D eigenvalue weighted by molar-refractivity contribution is 5.76. The van der Waals surface area contributed by atoms with Crippen LogP contribution in [0.3, 0.4) is 0 Å². The van der Waals surface area contributed by atoms with Crippen LogP contribution in [0.5, 0.6) is 0 Å². The second-order valence-corrected chi connectivity index (χ2v) is 10.3. The number of rotatable bonds is 6. The Morgan fingerprint density at radius 3 is 2.27 bits per heavy atom.